The van der Waals surface area contributed by atoms with Crippen molar-refractivity contribution in [1.82, 2.24) is 9.62 Å². The van der Waals surface area contributed by atoms with E-state index < -0.39 is 26.8 Å². The predicted octanol–water partition coefficient (Wildman–Crippen LogP) is 2.33. The third-order valence-corrected chi connectivity index (χ3v) is 7.39. The minimum absolute atomic E-state index is 0.169. The van der Waals surface area contributed by atoms with Gasteiger partial charge in [-0.3, -0.25) is 4.79 Å². The number of likely N-dealkylation sites (tertiary alicyclic amines) is 1. The number of rotatable bonds is 7. The van der Waals surface area contributed by atoms with Crippen molar-refractivity contribution in [2.24, 2.45) is 5.92 Å². The molecule has 2 aliphatic heterocycles. The smallest absolute Gasteiger partial charge is 0.244 e. The Hall–Kier alpha value is -2.33. The van der Waals surface area contributed by atoms with E-state index in [-0.39, 0.29) is 24.5 Å². The Bertz CT molecular complexity index is 1020. The Balaban J connectivity index is 1.50. The highest BCUT2D eigenvalue weighted by molar-refractivity contribution is 7.89. The quantitative estimate of drug-likeness (QED) is 0.683. The fourth-order valence-corrected chi connectivity index (χ4v) is 5.47. The normalized spacial score (nSPS) is 19.2. The largest absolute Gasteiger partial charge is 0.350 e. The first-order valence-corrected chi connectivity index (χ1v) is 12.2. The minimum atomic E-state index is -4.23. The van der Waals surface area contributed by atoms with Crippen molar-refractivity contribution < 1.29 is 27.1 Å². The number of benzene rings is 2. The fraction of sp³-hybridized carbons (Fsp3) is 0.435. The third kappa shape index (κ3) is 5.35. The van der Waals surface area contributed by atoms with E-state index >= 15 is 0 Å². The van der Waals surface area contributed by atoms with Gasteiger partial charge in [-0.05, 0) is 37.0 Å². The molecule has 9 heteroatoms. The van der Waals surface area contributed by atoms with Crippen LogP contribution >= 0.6 is 0 Å². The minimum Gasteiger partial charge on any atom is -0.350 e. The van der Waals surface area contributed by atoms with E-state index in [2.05, 4.69) is 4.72 Å². The van der Waals surface area contributed by atoms with Gasteiger partial charge in [0.15, 0.2) is 6.29 Å². The number of halogens is 1. The van der Waals surface area contributed by atoms with Gasteiger partial charge < -0.3 is 14.4 Å². The molecule has 2 aliphatic rings. The number of piperidine rings is 1. The zero-order valence-corrected chi connectivity index (χ0v) is 18.5. The highest BCUT2D eigenvalue weighted by atomic mass is 32.2. The number of sulfonamides is 1. The van der Waals surface area contributed by atoms with Gasteiger partial charge in [0.05, 0.1) is 13.2 Å². The molecule has 32 heavy (non-hydrogen) atoms. The lowest BCUT2D eigenvalue weighted by molar-refractivity contribution is -0.138. The molecule has 2 saturated heterocycles. The van der Waals surface area contributed by atoms with Crippen LogP contribution in [0.4, 0.5) is 4.39 Å². The SMILES string of the molecule is O=C([C@H](Cc1ccccc1)NS(=O)(=O)c1ccccc1F)N1CCC(C2OCCO2)CC1. The monoisotopic (exact) mass is 462 g/mol. The maximum Gasteiger partial charge on any atom is 0.244 e. The molecule has 172 valence electrons. The van der Waals surface area contributed by atoms with Gasteiger partial charge >= 0.3 is 0 Å². The average Bonchev–Trinajstić information content (AvgIpc) is 3.34. The van der Waals surface area contributed by atoms with E-state index in [0.29, 0.717) is 39.1 Å². The summed E-state index contributed by atoms with van der Waals surface area (Å²) in [6.45, 7) is 2.14. The molecule has 0 spiro atoms. The lowest BCUT2D eigenvalue weighted by Crippen LogP contribution is -2.52. The molecule has 2 heterocycles. The van der Waals surface area contributed by atoms with Crippen molar-refractivity contribution in [1.29, 1.82) is 0 Å². The maximum absolute atomic E-state index is 14.2. The number of nitrogens with one attached hydrogen (secondary N) is 1. The summed E-state index contributed by atoms with van der Waals surface area (Å²) in [5.74, 6) is -0.965. The van der Waals surface area contributed by atoms with Crippen LogP contribution in [0.1, 0.15) is 18.4 Å². The van der Waals surface area contributed by atoms with E-state index in [9.17, 15) is 17.6 Å². The van der Waals surface area contributed by atoms with Gasteiger partial charge in [0.2, 0.25) is 15.9 Å². The number of carbonyl (C=O) groups is 1. The van der Waals surface area contributed by atoms with Gasteiger partial charge in [-0.2, -0.15) is 4.72 Å². The first-order chi connectivity index (χ1) is 15.4. The third-order valence-electron chi connectivity index (χ3n) is 5.89. The molecule has 2 aromatic rings. The molecule has 0 saturated carbocycles. The number of amides is 1. The molecule has 0 aliphatic carbocycles. The van der Waals surface area contributed by atoms with Crippen molar-refractivity contribution in [3.05, 3.63) is 66.0 Å². The molecule has 1 atom stereocenters. The number of carbonyl (C=O) groups excluding carboxylic acids is 1. The molecule has 0 bridgehead atoms. The number of nitrogens with zero attached hydrogens (tertiary/aromatic N) is 1. The summed E-state index contributed by atoms with van der Waals surface area (Å²) in [4.78, 5) is 14.6. The number of ether oxygens (including phenoxy) is 2. The molecule has 2 fully saturated rings. The molecule has 1 amide bonds. The highest BCUT2D eigenvalue weighted by Crippen LogP contribution is 2.26. The molecule has 7 nitrogen and oxygen atoms in total. The summed E-state index contributed by atoms with van der Waals surface area (Å²) >= 11 is 0. The Labute approximate surface area is 187 Å². The summed E-state index contributed by atoms with van der Waals surface area (Å²) in [7, 11) is -4.23. The maximum atomic E-state index is 14.2. The lowest BCUT2D eigenvalue weighted by Gasteiger charge is -2.35. The lowest BCUT2D eigenvalue weighted by atomic mass is 9.95. The van der Waals surface area contributed by atoms with Crippen molar-refractivity contribution in [2.75, 3.05) is 26.3 Å². The Morgan fingerprint density at radius 2 is 1.66 bits per heavy atom. The van der Waals surface area contributed by atoms with E-state index in [4.69, 9.17) is 9.47 Å². The van der Waals surface area contributed by atoms with E-state index in [1.54, 1.807) is 4.90 Å². The summed E-state index contributed by atoms with van der Waals surface area (Å²) < 4.78 is 53.6. The molecule has 0 unspecified atom stereocenters. The van der Waals surface area contributed by atoms with Crippen LogP contribution < -0.4 is 4.72 Å². The zero-order valence-electron chi connectivity index (χ0n) is 17.7. The van der Waals surface area contributed by atoms with Gasteiger partial charge in [0, 0.05) is 19.0 Å². The van der Waals surface area contributed by atoms with Crippen LogP contribution in [-0.2, 0) is 30.7 Å². The molecule has 0 radical (unpaired) electrons. The van der Waals surface area contributed by atoms with Gasteiger partial charge in [0.25, 0.3) is 0 Å². The van der Waals surface area contributed by atoms with Crippen molar-refractivity contribution in [3.63, 3.8) is 0 Å². The summed E-state index contributed by atoms with van der Waals surface area (Å²) in [6, 6.07) is 13.3. The summed E-state index contributed by atoms with van der Waals surface area (Å²) in [5, 5.41) is 0. The molecular weight excluding hydrogens is 435 g/mol. The molecule has 0 aromatic heterocycles. The summed E-state index contributed by atoms with van der Waals surface area (Å²) in [6.07, 6.45) is 1.37. The van der Waals surface area contributed by atoms with Crippen LogP contribution in [-0.4, -0.2) is 57.9 Å². The summed E-state index contributed by atoms with van der Waals surface area (Å²) in [5.41, 5.74) is 0.810. The van der Waals surface area contributed by atoms with Crippen LogP contribution in [0, 0.1) is 11.7 Å². The van der Waals surface area contributed by atoms with Crippen LogP contribution in [0.3, 0.4) is 0 Å². The predicted molar refractivity (Wildman–Crippen MR) is 116 cm³/mol. The molecule has 4 rings (SSSR count). The van der Waals surface area contributed by atoms with Gasteiger partial charge in [-0.1, -0.05) is 42.5 Å². The van der Waals surface area contributed by atoms with E-state index in [1.807, 2.05) is 30.3 Å². The van der Waals surface area contributed by atoms with Crippen molar-refractivity contribution in [2.45, 2.75) is 36.5 Å². The van der Waals surface area contributed by atoms with Gasteiger partial charge in [-0.25, -0.2) is 12.8 Å². The first-order valence-electron chi connectivity index (χ1n) is 10.8. The Morgan fingerprint density at radius 1 is 1.03 bits per heavy atom. The zero-order chi connectivity index (χ0) is 22.6. The highest BCUT2D eigenvalue weighted by Gasteiger charge is 2.35. The Kier molecular flexibility index (Phi) is 7.20. The topological polar surface area (TPSA) is 84.9 Å². The average molecular weight is 463 g/mol. The first kappa shape index (κ1) is 22.8. The number of hydrogen-bond donors (Lipinski definition) is 1. The van der Waals surface area contributed by atoms with Gasteiger partial charge in [0.1, 0.15) is 16.8 Å². The number of hydrogen-bond acceptors (Lipinski definition) is 5. The standard InChI is InChI=1S/C23H27FN2O5S/c24-19-8-4-5-9-21(19)32(28,29)25-20(16-17-6-2-1-3-7-17)22(27)26-12-10-18(11-13-26)23-30-14-15-31-23/h1-9,18,20,23,25H,10-16H2/t20-/m0/s1. The molecule has 2 aromatic carbocycles. The van der Waals surface area contributed by atoms with E-state index in [1.165, 1.54) is 18.2 Å². The van der Waals surface area contributed by atoms with Crippen molar-refractivity contribution in [3.8, 4) is 0 Å². The Morgan fingerprint density at radius 3 is 2.31 bits per heavy atom. The van der Waals surface area contributed by atoms with Gasteiger partial charge in [-0.15, -0.1) is 0 Å². The van der Waals surface area contributed by atoms with Crippen LogP contribution in [0.5, 0.6) is 0 Å². The second kappa shape index (κ2) is 10.1. The molecule has 1 N–H and O–H groups in total. The van der Waals surface area contributed by atoms with Crippen molar-refractivity contribution >= 4 is 15.9 Å². The second-order valence-corrected chi connectivity index (χ2v) is 9.75. The van der Waals surface area contributed by atoms with E-state index in [0.717, 1.165) is 11.6 Å². The molecular formula is C23H27FN2O5S. The van der Waals surface area contributed by atoms with Crippen LogP contribution in [0.2, 0.25) is 0 Å². The second-order valence-electron chi connectivity index (χ2n) is 8.07. The van der Waals surface area contributed by atoms with Crippen LogP contribution in [0.15, 0.2) is 59.5 Å². The fourth-order valence-electron chi connectivity index (χ4n) is 4.20. The van der Waals surface area contributed by atoms with Crippen LogP contribution in [0.25, 0.3) is 0 Å².